The molecule has 4 heteroatoms. The Kier molecular flexibility index (Phi) is 3.21. The summed E-state index contributed by atoms with van der Waals surface area (Å²) >= 11 is 0. The summed E-state index contributed by atoms with van der Waals surface area (Å²) in [4.78, 5) is 14.4. The molecule has 3 atom stereocenters. The molecule has 4 rings (SSSR count). The zero-order valence-corrected chi connectivity index (χ0v) is 12.0. The average Bonchev–Trinajstić information content (AvgIpc) is 2.47. The molecule has 3 aliphatic rings. The molecule has 1 aromatic carbocycles. The van der Waals surface area contributed by atoms with E-state index < -0.39 is 11.4 Å². The molecule has 0 amide bonds. The van der Waals surface area contributed by atoms with Gasteiger partial charge in [-0.05, 0) is 49.9 Å². The van der Waals surface area contributed by atoms with Gasteiger partial charge < -0.3 is 14.7 Å². The number of methoxy groups -OCH3 is 1. The van der Waals surface area contributed by atoms with Crippen LogP contribution in [0.5, 0.6) is 5.75 Å². The molecule has 1 aliphatic carbocycles. The lowest BCUT2D eigenvalue weighted by Gasteiger charge is -2.53. The molecular formula is C16H21NO3. The van der Waals surface area contributed by atoms with Crippen molar-refractivity contribution in [2.45, 2.75) is 30.7 Å². The van der Waals surface area contributed by atoms with E-state index in [1.807, 2.05) is 24.3 Å². The number of nitrogens with zero attached hydrogens (tertiary/aromatic N) is 1. The first kappa shape index (κ1) is 13.4. The van der Waals surface area contributed by atoms with Crippen LogP contribution < -0.4 is 4.74 Å². The van der Waals surface area contributed by atoms with E-state index in [4.69, 9.17) is 4.74 Å². The average molecular weight is 275 g/mol. The second kappa shape index (κ2) is 4.77. The van der Waals surface area contributed by atoms with Gasteiger partial charge in [0, 0.05) is 12.6 Å². The van der Waals surface area contributed by atoms with Crippen LogP contribution in [0.4, 0.5) is 0 Å². The van der Waals surface area contributed by atoms with Crippen molar-refractivity contribution in [2.24, 2.45) is 5.92 Å². The van der Waals surface area contributed by atoms with Gasteiger partial charge in [-0.15, -0.1) is 0 Å². The Balaban J connectivity index is 2.02. The van der Waals surface area contributed by atoms with Crippen LogP contribution in [-0.4, -0.2) is 42.7 Å². The minimum absolute atomic E-state index is 0.198. The largest absolute Gasteiger partial charge is 0.497 e. The molecule has 2 saturated heterocycles. The zero-order chi connectivity index (χ0) is 14.3. The third-order valence-electron chi connectivity index (χ3n) is 5.22. The maximum Gasteiger partial charge on any atom is 0.314 e. The highest BCUT2D eigenvalue weighted by molar-refractivity contribution is 5.82. The van der Waals surface area contributed by atoms with E-state index in [9.17, 15) is 9.90 Å². The maximum atomic E-state index is 12.1. The summed E-state index contributed by atoms with van der Waals surface area (Å²) < 4.78 is 5.17. The van der Waals surface area contributed by atoms with E-state index in [0.717, 1.165) is 37.1 Å². The molecule has 1 saturated carbocycles. The van der Waals surface area contributed by atoms with Crippen molar-refractivity contribution < 1.29 is 14.6 Å². The lowest BCUT2D eigenvalue weighted by atomic mass is 9.58. The molecule has 2 heterocycles. The topological polar surface area (TPSA) is 49.8 Å². The molecule has 0 unspecified atom stereocenters. The predicted octanol–water partition coefficient (Wildman–Crippen LogP) is 2.13. The second-order valence-electron chi connectivity index (χ2n) is 6.08. The van der Waals surface area contributed by atoms with Crippen molar-refractivity contribution in [3.63, 3.8) is 0 Å². The molecule has 0 aromatic heterocycles. The summed E-state index contributed by atoms with van der Waals surface area (Å²) in [6, 6.07) is 7.97. The summed E-state index contributed by atoms with van der Waals surface area (Å²) in [6.45, 7) is 0.878. The molecule has 0 spiro atoms. The molecule has 0 radical (unpaired) electrons. The van der Waals surface area contributed by atoms with E-state index in [0.29, 0.717) is 6.04 Å². The molecule has 2 bridgehead atoms. The van der Waals surface area contributed by atoms with Gasteiger partial charge in [-0.2, -0.15) is 0 Å². The minimum Gasteiger partial charge on any atom is -0.497 e. The molecule has 1 N–H and O–H groups in total. The number of ether oxygens (including phenoxy) is 1. The fraction of sp³-hybridized carbons (Fsp3) is 0.562. The number of hydrogen-bond donors (Lipinski definition) is 1. The number of rotatable bonds is 3. The van der Waals surface area contributed by atoms with E-state index in [1.165, 1.54) is 0 Å². The molecule has 3 fully saturated rings. The van der Waals surface area contributed by atoms with Gasteiger partial charge in [0.15, 0.2) is 0 Å². The zero-order valence-electron chi connectivity index (χ0n) is 12.0. The third-order valence-corrected chi connectivity index (χ3v) is 5.22. The van der Waals surface area contributed by atoms with Gasteiger partial charge in [0.25, 0.3) is 0 Å². The van der Waals surface area contributed by atoms with Crippen molar-refractivity contribution in [3.05, 3.63) is 29.8 Å². The van der Waals surface area contributed by atoms with E-state index >= 15 is 0 Å². The highest BCUT2D eigenvalue weighted by atomic mass is 16.5. The Bertz CT molecular complexity index is 513. The Morgan fingerprint density at radius 3 is 2.50 bits per heavy atom. The number of hydrogen-bond acceptors (Lipinski definition) is 3. The van der Waals surface area contributed by atoms with Crippen LogP contribution in [0, 0.1) is 5.92 Å². The SMILES string of the molecule is COc1ccc([C@@]2(C(=O)O)C[C@H]3CC[C@H]2CN3C)cc1. The summed E-state index contributed by atoms with van der Waals surface area (Å²) in [5.74, 6) is 0.293. The molecule has 20 heavy (non-hydrogen) atoms. The first-order valence-electron chi connectivity index (χ1n) is 7.16. The summed E-state index contributed by atoms with van der Waals surface area (Å²) in [7, 11) is 3.73. The van der Waals surface area contributed by atoms with Gasteiger partial charge in [0.2, 0.25) is 0 Å². The van der Waals surface area contributed by atoms with E-state index in [2.05, 4.69) is 11.9 Å². The normalized spacial score (nSPS) is 33.1. The van der Waals surface area contributed by atoms with Crippen LogP contribution in [-0.2, 0) is 10.2 Å². The quantitative estimate of drug-likeness (QED) is 0.918. The monoisotopic (exact) mass is 275 g/mol. The summed E-state index contributed by atoms with van der Waals surface area (Å²) in [5, 5.41) is 9.93. The molecule has 108 valence electrons. The van der Waals surface area contributed by atoms with Crippen molar-refractivity contribution in [1.82, 2.24) is 4.90 Å². The number of carbonyl (C=O) groups is 1. The number of aliphatic carboxylic acids is 1. The van der Waals surface area contributed by atoms with Crippen LogP contribution in [0.15, 0.2) is 24.3 Å². The Hall–Kier alpha value is -1.55. The van der Waals surface area contributed by atoms with E-state index in [1.54, 1.807) is 7.11 Å². The first-order valence-corrected chi connectivity index (χ1v) is 7.16. The van der Waals surface area contributed by atoms with Crippen LogP contribution >= 0.6 is 0 Å². The van der Waals surface area contributed by atoms with Gasteiger partial charge in [0.05, 0.1) is 12.5 Å². The predicted molar refractivity (Wildman–Crippen MR) is 76.1 cm³/mol. The highest BCUT2D eigenvalue weighted by Crippen LogP contribution is 2.49. The highest BCUT2D eigenvalue weighted by Gasteiger charge is 2.55. The maximum absolute atomic E-state index is 12.1. The van der Waals surface area contributed by atoms with Crippen LogP contribution in [0.3, 0.4) is 0 Å². The van der Waals surface area contributed by atoms with Gasteiger partial charge >= 0.3 is 5.97 Å². The van der Waals surface area contributed by atoms with Gasteiger partial charge in [-0.3, -0.25) is 4.79 Å². The smallest absolute Gasteiger partial charge is 0.314 e. The summed E-state index contributed by atoms with van der Waals surface area (Å²) in [5.41, 5.74) is 0.204. The number of benzene rings is 1. The van der Waals surface area contributed by atoms with Crippen LogP contribution in [0.2, 0.25) is 0 Å². The Morgan fingerprint density at radius 1 is 1.35 bits per heavy atom. The molecule has 2 aliphatic heterocycles. The van der Waals surface area contributed by atoms with Crippen molar-refractivity contribution in [2.75, 3.05) is 20.7 Å². The molecule has 1 aromatic rings. The number of carboxylic acid groups (broad SMARTS) is 1. The van der Waals surface area contributed by atoms with Crippen molar-refractivity contribution in [1.29, 1.82) is 0 Å². The lowest BCUT2D eigenvalue weighted by Crippen LogP contribution is -2.60. The third kappa shape index (κ3) is 1.82. The van der Waals surface area contributed by atoms with Crippen LogP contribution in [0.1, 0.15) is 24.8 Å². The fourth-order valence-corrected chi connectivity index (χ4v) is 4.03. The van der Waals surface area contributed by atoms with Gasteiger partial charge in [-0.1, -0.05) is 12.1 Å². The van der Waals surface area contributed by atoms with Gasteiger partial charge in [0.1, 0.15) is 5.75 Å². The Morgan fingerprint density at radius 2 is 2.05 bits per heavy atom. The first-order chi connectivity index (χ1) is 9.57. The number of fused-ring (bicyclic) bond motifs is 3. The molecule has 4 nitrogen and oxygen atoms in total. The number of piperidine rings is 2. The van der Waals surface area contributed by atoms with Crippen molar-refractivity contribution in [3.8, 4) is 5.75 Å². The lowest BCUT2D eigenvalue weighted by molar-refractivity contribution is -0.153. The Labute approximate surface area is 119 Å². The standard InChI is InChI=1S/C16H21NO3/c1-17-10-12-3-6-13(17)9-16(12,15(18)19)11-4-7-14(20-2)8-5-11/h4-5,7-8,12-13H,3,6,9-10H2,1-2H3,(H,18,19)/t12-,13+,16-/m0/s1. The summed E-state index contributed by atoms with van der Waals surface area (Å²) in [6.07, 6.45) is 2.84. The van der Waals surface area contributed by atoms with E-state index in [-0.39, 0.29) is 5.92 Å². The fourth-order valence-electron chi connectivity index (χ4n) is 4.03. The minimum atomic E-state index is -0.721. The van der Waals surface area contributed by atoms with Crippen LogP contribution in [0.25, 0.3) is 0 Å². The second-order valence-corrected chi connectivity index (χ2v) is 6.08. The van der Waals surface area contributed by atoms with Gasteiger partial charge in [-0.25, -0.2) is 0 Å². The number of carboxylic acids is 1. The van der Waals surface area contributed by atoms with Crippen molar-refractivity contribution >= 4 is 5.97 Å². The molecular weight excluding hydrogens is 254 g/mol.